The highest BCUT2D eigenvalue weighted by atomic mass is 35.5. The van der Waals surface area contributed by atoms with Crippen LogP contribution in [0.15, 0.2) is 41.0 Å². The van der Waals surface area contributed by atoms with Gasteiger partial charge in [0.15, 0.2) is 6.10 Å². The van der Waals surface area contributed by atoms with E-state index in [0.717, 1.165) is 0 Å². The third kappa shape index (κ3) is 5.04. The van der Waals surface area contributed by atoms with E-state index in [4.69, 9.17) is 21.1 Å². The summed E-state index contributed by atoms with van der Waals surface area (Å²) < 4.78 is 41.0. The number of hydrogen-bond donors (Lipinski definition) is 2. The minimum Gasteiger partial charge on any atom is -0.483 e. The van der Waals surface area contributed by atoms with Gasteiger partial charge in [-0.1, -0.05) is 11.6 Å². The number of ether oxygens (including phenoxy) is 2. The third-order valence-corrected chi connectivity index (χ3v) is 5.42. The number of aliphatic hydroxyl groups is 1. The SMILES string of the molecule is CS(C)(=O)=Nc1cc(Cl)c2c(Nc3ccc(F)cc3O[C@H]3COC[C@@H]3O)ncnc2c1. The van der Waals surface area contributed by atoms with Gasteiger partial charge in [0, 0.05) is 28.3 Å². The average Bonchev–Trinajstić information content (AvgIpc) is 3.07. The Hall–Kier alpha value is -2.53. The number of fused-ring (bicyclic) bond motifs is 1. The number of halogens is 2. The second-order valence-corrected chi connectivity index (χ2v) is 10.3. The molecule has 11 heteroatoms. The van der Waals surface area contributed by atoms with E-state index in [2.05, 4.69) is 19.6 Å². The second kappa shape index (κ2) is 8.54. The van der Waals surface area contributed by atoms with Gasteiger partial charge in [0.1, 0.15) is 29.8 Å². The summed E-state index contributed by atoms with van der Waals surface area (Å²) in [7, 11) is -2.37. The fourth-order valence-electron chi connectivity index (χ4n) is 3.15. The molecule has 1 aromatic heterocycles. The topological polar surface area (TPSA) is 106 Å². The van der Waals surface area contributed by atoms with Crippen LogP contribution in [-0.4, -0.2) is 57.2 Å². The van der Waals surface area contributed by atoms with Crippen LogP contribution in [0.25, 0.3) is 10.9 Å². The van der Waals surface area contributed by atoms with Crippen LogP contribution in [0.3, 0.4) is 0 Å². The molecular weight excluding hydrogens is 447 g/mol. The third-order valence-electron chi connectivity index (χ3n) is 4.47. The van der Waals surface area contributed by atoms with Crippen molar-refractivity contribution in [3.63, 3.8) is 0 Å². The molecule has 2 N–H and O–H groups in total. The van der Waals surface area contributed by atoms with Crippen LogP contribution >= 0.6 is 11.6 Å². The van der Waals surface area contributed by atoms with Gasteiger partial charge in [0.25, 0.3) is 0 Å². The molecule has 4 rings (SSSR count). The van der Waals surface area contributed by atoms with Crippen LogP contribution in [0.5, 0.6) is 5.75 Å². The smallest absolute Gasteiger partial charge is 0.150 e. The Bertz CT molecular complexity index is 1260. The van der Waals surface area contributed by atoms with Gasteiger partial charge in [-0.3, -0.25) is 0 Å². The fourth-order valence-corrected chi connectivity index (χ4v) is 4.06. The first-order chi connectivity index (χ1) is 14.7. The second-order valence-electron chi connectivity index (χ2n) is 7.34. The van der Waals surface area contributed by atoms with Gasteiger partial charge in [-0.05, 0) is 24.3 Å². The molecule has 0 saturated carbocycles. The van der Waals surface area contributed by atoms with E-state index in [9.17, 15) is 13.7 Å². The number of aromatic nitrogens is 2. The Labute approximate surface area is 183 Å². The van der Waals surface area contributed by atoms with E-state index in [1.54, 1.807) is 12.1 Å². The number of nitrogens with one attached hydrogen (secondary N) is 1. The van der Waals surface area contributed by atoms with Crippen molar-refractivity contribution in [2.45, 2.75) is 12.2 Å². The number of hydrogen-bond acceptors (Lipinski definition) is 8. The molecule has 1 aliphatic heterocycles. The standard InChI is InChI=1S/C20H20ClFN4O4S/c1-31(2,28)26-12-6-13(21)19-15(7-12)23-10-24-20(19)25-14-4-3-11(22)5-17(14)30-18-9-29-8-16(18)27/h3-7,10,16,18,27H,8-9H2,1-2H3,(H,23,24,25)/t16-,18-/m0/s1. The van der Waals surface area contributed by atoms with E-state index in [1.165, 1.54) is 37.0 Å². The zero-order valence-corrected chi connectivity index (χ0v) is 18.3. The molecule has 1 aliphatic rings. The molecule has 3 aromatic rings. The van der Waals surface area contributed by atoms with E-state index in [-0.39, 0.29) is 19.0 Å². The Kier molecular flexibility index (Phi) is 5.98. The van der Waals surface area contributed by atoms with Gasteiger partial charge < -0.3 is 19.9 Å². The molecule has 1 saturated heterocycles. The maximum Gasteiger partial charge on any atom is 0.150 e. The van der Waals surface area contributed by atoms with Crippen molar-refractivity contribution < 1.29 is 23.2 Å². The van der Waals surface area contributed by atoms with E-state index in [1.807, 2.05) is 0 Å². The zero-order chi connectivity index (χ0) is 22.2. The summed E-state index contributed by atoms with van der Waals surface area (Å²) in [6, 6.07) is 7.24. The molecule has 8 nitrogen and oxygen atoms in total. The largest absolute Gasteiger partial charge is 0.483 e. The highest BCUT2D eigenvalue weighted by molar-refractivity contribution is 7.92. The van der Waals surface area contributed by atoms with Gasteiger partial charge in [-0.25, -0.2) is 18.6 Å². The van der Waals surface area contributed by atoms with Crippen LogP contribution in [0.2, 0.25) is 5.02 Å². The molecule has 0 unspecified atom stereocenters. The summed E-state index contributed by atoms with van der Waals surface area (Å²) in [6.45, 7) is 0.355. The van der Waals surface area contributed by atoms with Crippen LogP contribution in [-0.2, 0) is 14.5 Å². The first kappa shape index (κ1) is 21.7. The number of anilines is 2. The van der Waals surface area contributed by atoms with E-state index >= 15 is 0 Å². The number of nitrogens with zero attached hydrogens (tertiary/aromatic N) is 3. The summed E-state index contributed by atoms with van der Waals surface area (Å²) >= 11 is 6.47. The van der Waals surface area contributed by atoms with Gasteiger partial charge in [0.05, 0.1) is 40.5 Å². The molecule has 0 bridgehead atoms. The van der Waals surface area contributed by atoms with Crippen molar-refractivity contribution in [2.75, 3.05) is 31.0 Å². The van der Waals surface area contributed by atoms with Gasteiger partial charge >= 0.3 is 0 Å². The molecule has 164 valence electrons. The molecule has 2 atom stereocenters. The highest BCUT2D eigenvalue weighted by Gasteiger charge is 2.29. The maximum absolute atomic E-state index is 13.9. The van der Waals surface area contributed by atoms with Crippen molar-refractivity contribution in [2.24, 2.45) is 4.36 Å². The molecule has 1 fully saturated rings. The quantitative estimate of drug-likeness (QED) is 0.591. The van der Waals surface area contributed by atoms with Crippen LogP contribution in [0.4, 0.5) is 21.6 Å². The lowest BCUT2D eigenvalue weighted by Gasteiger charge is -2.19. The lowest BCUT2D eigenvalue weighted by Crippen LogP contribution is -2.30. The van der Waals surface area contributed by atoms with Crippen molar-refractivity contribution in [1.29, 1.82) is 0 Å². The summed E-state index contributed by atoms with van der Waals surface area (Å²) in [5, 5.41) is 13.9. The van der Waals surface area contributed by atoms with Crippen LogP contribution in [0, 0.1) is 5.82 Å². The lowest BCUT2D eigenvalue weighted by molar-refractivity contribution is 0.0736. The van der Waals surface area contributed by atoms with Gasteiger partial charge in [0.2, 0.25) is 0 Å². The Morgan fingerprint density at radius 1 is 1.29 bits per heavy atom. The molecule has 31 heavy (non-hydrogen) atoms. The summed E-state index contributed by atoms with van der Waals surface area (Å²) in [5.41, 5.74) is 1.37. The molecule has 0 aliphatic carbocycles. The maximum atomic E-state index is 13.9. The monoisotopic (exact) mass is 466 g/mol. The Morgan fingerprint density at radius 2 is 2.10 bits per heavy atom. The van der Waals surface area contributed by atoms with Gasteiger partial charge in [-0.2, -0.15) is 4.36 Å². The number of benzene rings is 2. The van der Waals surface area contributed by atoms with Crippen LogP contribution in [0.1, 0.15) is 0 Å². The molecule has 0 spiro atoms. The zero-order valence-electron chi connectivity index (χ0n) is 16.7. The molecule has 2 heterocycles. The minimum absolute atomic E-state index is 0.157. The van der Waals surface area contributed by atoms with Crippen molar-refractivity contribution in [3.8, 4) is 5.75 Å². The number of aliphatic hydroxyl groups excluding tert-OH is 1. The predicted octanol–water partition coefficient (Wildman–Crippen LogP) is 3.66. The number of rotatable bonds is 5. The first-order valence-electron chi connectivity index (χ1n) is 9.30. The fraction of sp³-hybridized carbons (Fsp3) is 0.300. The highest BCUT2D eigenvalue weighted by Crippen LogP contribution is 2.36. The van der Waals surface area contributed by atoms with E-state index in [0.29, 0.717) is 33.1 Å². The summed E-state index contributed by atoms with van der Waals surface area (Å²) in [5.74, 6) is 0.0734. The predicted molar refractivity (Wildman–Crippen MR) is 118 cm³/mol. The normalized spacial score (nSPS) is 18.9. The summed E-state index contributed by atoms with van der Waals surface area (Å²) in [4.78, 5) is 8.50. The van der Waals surface area contributed by atoms with Gasteiger partial charge in [-0.15, -0.1) is 0 Å². The molecule has 0 amide bonds. The average molecular weight is 467 g/mol. The lowest BCUT2D eigenvalue weighted by atomic mass is 10.2. The first-order valence-corrected chi connectivity index (χ1v) is 12.0. The Balaban J connectivity index is 1.73. The summed E-state index contributed by atoms with van der Waals surface area (Å²) in [6.07, 6.45) is 2.98. The molecule has 2 aromatic carbocycles. The van der Waals surface area contributed by atoms with Crippen molar-refractivity contribution in [1.82, 2.24) is 9.97 Å². The van der Waals surface area contributed by atoms with Crippen molar-refractivity contribution in [3.05, 3.63) is 47.5 Å². The van der Waals surface area contributed by atoms with Crippen molar-refractivity contribution >= 4 is 49.4 Å². The van der Waals surface area contributed by atoms with Crippen LogP contribution < -0.4 is 10.1 Å². The minimum atomic E-state index is -2.37. The molecule has 0 radical (unpaired) electrons. The van der Waals surface area contributed by atoms with E-state index < -0.39 is 27.8 Å². The molecular formula is C20H20ClFN4O4S. The Morgan fingerprint density at radius 3 is 2.81 bits per heavy atom.